The molecule has 0 aromatic carbocycles. The van der Waals surface area contributed by atoms with Crippen LogP contribution in [0.25, 0.3) is 0 Å². The number of carbonyl (C=O) groups excluding carboxylic acids is 1. The minimum Gasteiger partial charge on any atom is -0.394 e. The Hall–Kier alpha value is -0.730. The van der Waals surface area contributed by atoms with Crippen LogP contribution >= 0.6 is 0 Å². The van der Waals surface area contributed by atoms with Crippen LogP contribution in [-0.2, 0) is 4.79 Å². The zero-order valence-corrected chi connectivity index (χ0v) is 13.3. The van der Waals surface area contributed by atoms with E-state index in [-0.39, 0.29) is 0 Å². The molecule has 4 atom stereocenters. The van der Waals surface area contributed by atoms with Crippen LogP contribution < -0.4 is 5.32 Å². The second kappa shape index (κ2) is 12.8. The lowest BCUT2D eigenvalue weighted by molar-refractivity contribution is -0.148. The van der Waals surface area contributed by atoms with Crippen molar-refractivity contribution in [3.8, 4) is 0 Å². The smallest absolute Gasteiger partial charge is 0.251 e. The van der Waals surface area contributed by atoms with Gasteiger partial charge in [-0.25, -0.2) is 0 Å². The SMILES string of the molecule is CCCCCCCCCNC(=O)[C@H](O)[C@@H](O)[C@H](O)[C@H](O)CO. The monoisotopic (exact) mass is 321 g/mol. The van der Waals surface area contributed by atoms with E-state index in [1.807, 2.05) is 0 Å². The van der Waals surface area contributed by atoms with Gasteiger partial charge in [0.05, 0.1) is 6.61 Å². The van der Waals surface area contributed by atoms with Crippen molar-refractivity contribution in [3.05, 3.63) is 0 Å². The third-order valence-corrected chi connectivity index (χ3v) is 3.60. The number of unbranched alkanes of at least 4 members (excludes halogenated alkanes) is 6. The number of nitrogens with one attached hydrogen (secondary N) is 1. The van der Waals surface area contributed by atoms with E-state index < -0.39 is 36.9 Å². The van der Waals surface area contributed by atoms with Crippen molar-refractivity contribution in [2.24, 2.45) is 0 Å². The fourth-order valence-corrected chi connectivity index (χ4v) is 2.08. The molecule has 0 saturated carbocycles. The Bertz CT molecular complexity index is 289. The van der Waals surface area contributed by atoms with Crippen molar-refractivity contribution in [2.45, 2.75) is 76.3 Å². The van der Waals surface area contributed by atoms with Crippen molar-refractivity contribution >= 4 is 5.91 Å². The summed E-state index contributed by atoms with van der Waals surface area (Å²) in [6.07, 6.45) is 0.601. The van der Waals surface area contributed by atoms with Gasteiger partial charge < -0.3 is 30.8 Å². The highest BCUT2D eigenvalue weighted by atomic mass is 16.4. The molecule has 0 spiro atoms. The first-order chi connectivity index (χ1) is 10.5. The number of hydrogen-bond acceptors (Lipinski definition) is 6. The normalized spacial score (nSPS) is 16.8. The number of rotatable bonds is 13. The Kier molecular flexibility index (Phi) is 12.4. The maximum Gasteiger partial charge on any atom is 0.251 e. The second-order valence-corrected chi connectivity index (χ2v) is 5.59. The molecule has 0 aliphatic rings. The summed E-state index contributed by atoms with van der Waals surface area (Å²) in [7, 11) is 0. The summed E-state index contributed by atoms with van der Waals surface area (Å²) in [6.45, 7) is 1.77. The second-order valence-electron chi connectivity index (χ2n) is 5.59. The molecule has 0 aromatic rings. The van der Waals surface area contributed by atoms with Gasteiger partial charge in [-0.05, 0) is 6.42 Å². The van der Waals surface area contributed by atoms with Gasteiger partial charge in [-0.2, -0.15) is 0 Å². The third kappa shape index (κ3) is 8.65. The minimum absolute atomic E-state index is 0.384. The molecule has 0 bridgehead atoms. The molecule has 7 nitrogen and oxygen atoms in total. The van der Waals surface area contributed by atoms with E-state index in [9.17, 15) is 20.1 Å². The minimum atomic E-state index is -1.85. The molecule has 0 saturated heterocycles. The van der Waals surface area contributed by atoms with Crippen molar-refractivity contribution < 1.29 is 30.3 Å². The summed E-state index contributed by atoms with van der Waals surface area (Å²) >= 11 is 0. The van der Waals surface area contributed by atoms with Gasteiger partial charge >= 0.3 is 0 Å². The fraction of sp³-hybridized carbons (Fsp3) is 0.933. The number of aliphatic hydroxyl groups is 5. The predicted molar refractivity (Wildman–Crippen MR) is 82.1 cm³/mol. The number of aliphatic hydroxyl groups excluding tert-OH is 5. The molecule has 22 heavy (non-hydrogen) atoms. The molecule has 132 valence electrons. The van der Waals surface area contributed by atoms with E-state index in [2.05, 4.69) is 12.2 Å². The molecule has 0 aliphatic carbocycles. The van der Waals surface area contributed by atoms with E-state index in [1.54, 1.807) is 0 Å². The Labute approximate surface area is 132 Å². The van der Waals surface area contributed by atoms with Crippen LogP contribution in [0, 0.1) is 0 Å². The Morgan fingerprint density at radius 3 is 2.00 bits per heavy atom. The molecule has 6 N–H and O–H groups in total. The van der Waals surface area contributed by atoms with Crippen LogP contribution in [0.1, 0.15) is 51.9 Å². The molecule has 0 rings (SSSR count). The average molecular weight is 321 g/mol. The predicted octanol–water partition coefficient (Wildman–Crippen LogP) is -0.711. The molecule has 0 aliphatic heterocycles. The van der Waals surface area contributed by atoms with Crippen molar-refractivity contribution in [2.75, 3.05) is 13.2 Å². The van der Waals surface area contributed by atoms with Gasteiger partial charge in [0.25, 0.3) is 5.91 Å². The average Bonchev–Trinajstić information content (AvgIpc) is 2.54. The van der Waals surface area contributed by atoms with E-state index in [0.29, 0.717) is 6.54 Å². The summed E-state index contributed by atoms with van der Waals surface area (Å²) in [5.74, 6) is -0.803. The van der Waals surface area contributed by atoms with Crippen LogP contribution in [0.4, 0.5) is 0 Å². The highest BCUT2D eigenvalue weighted by Crippen LogP contribution is 2.07. The third-order valence-electron chi connectivity index (χ3n) is 3.60. The first-order valence-corrected chi connectivity index (χ1v) is 8.06. The summed E-state index contributed by atoms with van der Waals surface area (Å²) in [4.78, 5) is 11.6. The van der Waals surface area contributed by atoms with Crippen LogP contribution in [0.3, 0.4) is 0 Å². The van der Waals surface area contributed by atoms with Crippen molar-refractivity contribution in [1.82, 2.24) is 5.32 Å². The number of amides is 1. The first-order valence-electron chi connectivity index (χ1n) is 8.06. The first kappa shape index (κ1) is 21.3. The van der Waals surface area contributed by atoms with Crippen molar-refractivity contribution in [3.63, 3.8) is 0 Å². The topological polar surface area (TPSA) is 130 Å². The Morgan fingerprint density at radius 1 is 0.909 bits per heavy atom. The van der Waals surface area contributed by atoms with Gasteiger partial charge in [0.15, 0.2) is 6.10 Å². The van der Waals surface area contributed by atoms with Gasteiger partial charge in [0.1, 0.15) is 18.3 Å². The molecular weight excluding hydrogens is 290 g/mol. The maximum atomic E-state index is 11.6. The highest BCUT2D eigenvalue weighted by molar-refractivity contribution is 5.81. The van der Waals surface area contributed by atoms with Gasteiger partial charge in [-0.15, -0.1) is 0 Å². The van der Waals surface area contributed by atoms with Crippen LogP contribution in [-0.4, -0.2) is 69.0 Å². The van der Waals surface area contributed by atoms with Gasteiger partial charge in [0, 0.05) is 6.54 Å². The highest BCUT2D eigenvalue weighted by Gasteiger charge is 2.33. The Balaban J connectivity index is 3.82. The molecule has 1 amide bonds. The fourth-order valence-electron chi connectivity index (χ4n) is 2.08. The number of carbonyl (C=O) groups is 1. The summed E-state index contributed by atoms with van der Waals surface area (Å²) in [5.41, 5.74) is 0. The van der Waals surface area contributed by atoms with E-state index in [4.69, 9.17) is 10.2 Å². The van der Waals surface area contributed by atoms with Crippen LogP contribution in [0.15, 0.2) is 0 Å². The molecule has 0 radical (unpaired) electrons. The molecule has 0 heterocycles. The largest absolute Gasteiger partial charge is 0.394 e. The zero-order valence-electron chi connectivity index (χ0n) is 13.3. The maximum absolute atomic E-state index is 11.6. The zero-order chi connectivity index (χ0) is 17.0. The lowest BCUT2D eigenvalue weighted by atomic mass is 10.0. The quantitative estimate of drug-likeness (QED) is 0.249. The van der Waals surface area contributed by atoms with E-state index >= 15 is 0 Å². The Morgan fingerprint density at radius 2 is 1.45 bits per heavy atom. The summed E-state index contributed by atoms with van der Waals surface area (Å²) < 4.78 is 0. The summed E-state index contributed by atoms with van der Waals surface area (Å²) in [5, 5.41) is 48.8. The summed E-state index contributed by atoms with van der Waals surface area (Å²) in [6, 6.07) is 0. The van der Waals surface area contributed by atoms with Crippen molar-refractivity contribution in [1.29, 1.82) is 0 Å². The van der Waals surface area contributed by atoms with Gasteiger partial charge in [-0.1, -0.05) is 45.4 Å². The van der Waals surface area contributed by atoms with Gasteiger partial charge in [0.2, 0.25) is 0 Å². The van der Waals surface area contributed by atoms with E-state index in [0.717, 1.165) is 19.3 Å². The molecule has 0 fully saturated rings. The molecule has 0 unspecified atom stereocenters. The standard InChI is InChI=1S/C15H31NO6/c1-2-3-4-5-6-7-8-9-16-15(22)14(21)13(20)12(19)11(18)10-17/h11-14,17-21H,2-10H2,1H3,(H,16,22)/t11-,12-,13+,14-/m1/s1. The van der Waals surface area contributed by atoms with E-state index in [1.165, 1.54) is 25.7 Å². The molecular formula is C15H31NO6. The van der Waals surface area contributed by atoms with Crippen LogP contribution in [0.2, 0.25) is 0 Å². The molecule has 0 aromatic heterocycles. The van der Waals surface area contributed by atoms with Gasteiger partial charge in [-0.3, -0.25) is 4.79 Å². The number of hydrogen-bond donors (Lipinski definition) is 6. The van der Waals surface area contributed by atoms with Crippen LogP contribution in [0.5, 0.6) is 0 Å². The lowest BCUT2D eigenvalue weighted by Gasteiger charge is -2.24. The molecule has 7 heteroatoms. The lowest BCUT2D eigenvalue weighted by Crippen LogP contribution is -2.51.